The van der Waals surface area contributed by atoms with Gasteiger partial charge in [0.05, 0.1) is 41.0 Å². The van der Waals surface area contributed by atoms with E-state index in [1.54, 1.807) is 59.4 Å². The molecule has 1 aliphatic heterocycles. The van der Waals surface area contributed by atoms with Gasteiger partial charge in [0.25, 0.3) is 10.0 Å². The summed E-state index contributed by atoms with van der Waals surface area (Å²) in [4.78, 5) is 9.43. The van der Waals surface area contributed by atoms with Gasteiger partial charge in [-0.3, -0.25) is 9.25 Å². The van der Waals surface area contributed by atoms with Crippen LogP contribution in [-0.4, -0.2) is 54.9 Å². The van der Waals surface area contributed by atoms with Crippen LogP contribution in [0.2, 0.25) is 0 Å². The summed E-state index contributed by atoms with van der Waals surface area (Å²) in [6, 6.07) is 15.5. The van der Waals surface area contributed by atoms with E-state index in [1.807, 2.05) is 10.8 Å². The van der Waals surface area contributed by atoms with Crippen LogP contribution in [0.3, 0.4) is 0 Å². The fourth-order valence-electron chi connectivity index (χ4n) is 5.14. The molecule has 0 unspecified atom stereocenters. The first kappa shape index (κ1) is 24.3. The van der Waals surface area contributed by atoms with E-state index in [1.165, 1.54) is 12.4 Å². The monoisotopic (exact) mass is 554 g/mol. The SMILES string of the molecule is N#CCC1(n2cc(-n3c(-c4ccc(CO)o4)nc4cnc5c(ccn5S(=O)(=O)c5ccccc5)c43)cn2)CNC1. The Balaban J connectivity index is 1.48. The zero-order valence-electron chi connectivity index (χ0n) is 21.0. The van der Waals surface area contributed by atoms with Gasteiger partial charge in [-0.25, -0.2) is 22.4 Å². The standard InChI is InChI=1S/C27H22N8O4S/c28-10-9-27(16-29-17-27)34-14-18(12-31-34)35-24-21-8-11-33(40(37,38)20-4-2-1-3-5-20)25(21)30-13-22(24)32-26(35)23-7-6-19(15-36)39-23/h1-8,11-14,29,36H,9,15-17H2. The molecule has 6 aromatic rings. The third kappa shape index (κ3) is 3.51. The van der Waals surface area contributed by atoms with Crippen molar-refractivity contribution in [1.82, 2.24) is 33.6 Å². The number of aliphatic hydroxyl groups excluding tert-OH is 1. The molecule has 1 aliphatic rings. The number of pyridine rings is 1. The zero-order chi connectivity index (χ0) is 27.5. The summed E-state index contributed by atoms with van der Waals surface area (Å²) >= 11 is 0. The molecule has 12 nitrogen and oxygen atoms in total. The van der Waals surface area contributed by atoms with Crippen LogP contribution in [0.5, 0.6) is 0 Å². The van der Waals surface area contributed by atoms with Gasteiger partial charge in [0, 0.05) is 30.9 Å². The van der Waals surface area contributed by atoms with Gasteiger partial charge in [-0.15, -0.1) is 0 Å². The normalized spacial score (nSPS) is 14.9. The first-order valence-electron chi connectivity index (χ1n) is 12.5. The first-order chi connectivity index (χ1) is 19.4. The van der Waals surface area contributed by atoms with Crippen LogP contribution in [0.4, 0.5) is 0 Å². The summed E-state index contributed by atoms with van der Waals surface area (Å²) in [5.41, 5.74) is 1.57. The summed E-state index contributed by atoms with van der Waals surface area (Å²) in [6.45, 7) is 0.963. The summed E-state index contributed by atoms with van der Waals surface area (Å²) in [5.74, 6) is 1.22. The van der Waals surface area contributed by atoms with E-state index < -0.39 is 15.6 Å². The number of hydrogen-bond donors (Lipinski definition) is 2. The van der Waals surface area contributed by atoms with E-state index in [2.05, 4.69) is 21.5 Å². The minimum absolute atomic E-state index is 0.147. The van der Waals surface area contributed by atoms with Gasteiger partial charge in [-0.2, -0.15) is 10.4 Å². The zero-order valence-corrected chi connectivity index (χ0v) is 21.8. The van der Waals surface area contributed by atoms with Gasteiger partial charge in [0.15, 0.2) is 17.2 Å². The first-order valence-corrected chi connectivity index (χ1v) is 13.9. The van der Waals surface area contributed by atoms with Crippen LogP contribution in [0.15, 0.2) is 82.6 Å². The van der Waals surface area contributed by atoms with Crippen molar-refractivity contribution in [3.05, 3.63) is 79.1 Å². The molecule has 7 rings (SSSR count). The lowest BCUT2D eigenvalue weighted by Crippen LogP contribution is -2.60. The number of benzene rings is 1. The maximum Gasteiger partial charge on any atom is 0.269 e. The average Bonchev–Trinajstić information content (AvgIpc) is 3.74. The van der Waals surface area contributed by atoms with E-state index in [4.69, 9.17) is 9.40 Å². The van der Waals surface area contributed by atoms with Crippen molar-refractivity contribution >= 4 is 32.1 Å². The summed E-state index contributed by atoms with van der Waals surface area (Å²) in [6.07, 6.45) is 6.84. The van der Waals surface area contributed by atoms with Crippen LogP contribution in [-0.2, 0) is 22.2 Å². The quantitative estimate of drug-likeness (QED) is 0.303. The van der Waals surface area contributed by atoms with Crippen molar-refractivity contribution < 1.29 is 17.9 Å². The number of nitriles is 1. The Kier molecular flexibility index (Phi) is 5.39. The molecule has 0 atom stereocenters. The number of fused-ring (bicyclic) bond motifs is 3. The van der Waals surface area contributed by atoms with Crippen molar-refractivity contribution in [3.63, 3.8) is 0 Å². The molecule has 0 saturated carbocycles. The van der Waals surface area contributed by atoms with Crippen LogP contribution in [0.25, 0.3) is 39.3 Å². The molecule has 0 aliphatic carbocycles. The topological polar surface area (TPSA) is 157 Å². The fourth-order valence-corrected chi connectivity index (χ4v) is 6.46. The van der Waals surface area contributed by atoms with E-state index in [0.29, 0.717) is 59.0 Å². The third-order valence-electron chi connectivity index (χ3n) is 7.26. The van der Waals surface area contributed by atoms with Gasteiger partial charge in [0.2, 0.25) is 0 Å². The molecule has 0 spiro atoms. The second-order valence-electron chi connectivity index (χ2n) is 9.66. The van der Waals surface area contributed by atoms with Gasteiger partial charge < -0.3 is 14.8 Å². The molecule has 0 bridgehead atoms. The molecule has 1 aromatic carbocycles. The molecule has 0 amide bonds. The molecule has 5 aromatic heterocycles. The number of rotatable bonds is 7. The molecule has 6 heterocycles. The maximum absolute atomic E-state index is 13.5. The minimum atomic E-state index is -3.91. The van der Waals surface area contributed by atoms with Gasteiger partial charge >= 0.3 is 0 Å². The highest BCUT2D eigenvalue weighted by atomic mass is 32.2. The molecule has 40 heavy (non-hydrogen) atoms. The number of furan rings is 1. The molecular weight excluding hydrogens is 532 g/mol. The Morgan fingerprint density at radius 3 is 2.65 bits per heavy atom. The smallest absolute Gasteiger partial charge is 0.269 e. The number of hydrogen-bond acceptors (Lipinski definition) is 9. The molecule has 13 heteroatoms. The Bertz CT molecular complexity index is 2040. The van der Waals surface area contributed by atoms with E-state index >= 15 is 0 Å². The van der Waals surface area contributed by atoms with Gasteiger partial charge in [-0.1, -0.05) is 18.2 Å². The summed E-state index contributed by atoms with van der Waals surface area (Å²) < 4.78 is 37.6. The fraction of sp³-hybridized carbons (Fsp3) is 0.185. The molecule has 1 saturated heterocycles. The van der Waals surface area contributed by atoms with Crippen molar-refractivity contribution in [2.45, 2.75) is 23.5 Å². The average molecular weight is 555 g/mol. The second kappa shape index (κ2) is 8.88. The highest BCUT2D eigenvalue weighted by Crippen LogP contribution is 2.35. The molecule has 200 valence electrons. The van der Waals surface area contributed by atoms with E-state index in [-0.39, 0.29) is 17.1 Å². The molecule has 2 N–H and O–H groups in total. The number of nitrogens with zero attached hydrogens (tertiary/aromatic N) is 7. The number of nitrogens with one attached hydrogen (secondary N) is 1. The lowest BCUT2D eigenvalue weighted by Gasteiger charge is -2.41. The van der Waals surface area contributed by atoms with Crippen LogP contribution < -0.4 is 5.32 Å². The Labute approximate surface area is 227 Å². The second-order valence-corrected chi connectivity index (χ2v) is 11.5. The summed E-state index contributed by atoms with van der Waals surface area (Å²) in [5, 5.41) is 27.4. The largest absolute Gasteiger partial charge is 0.455 e. The molecular formula is C27H22N8O4S. The summed E-state index contributed by atoms with van der Waals surface area (Å²) in [7, 11) is -3.91. The minimum Gasteiger partial charge on any atom is -0.455 e. The van der Waals surface area contributed by atoms with Crippen molar-refractivity contribution in [2.75, 3.05) is 13.1 Å². The highest BCUT2D eigenvalue weighted by Gasteiger charge is 2.40. The van der Waals surface area contributed by atoms with Crippen molar-refractivity contribution in [3.8, 4) is 23.3 Å². The molecule has 0 radical (unpaired) electrons. The third-order valence-corrected chi connectivity index (χ3v) is 8.94. The van der Waals surface area contributed by atoms with E-state index in [9.17, 15) is 18.8 Å². The predicted octanol–water partition coefficient (Wildman–Crippen LogP) is 2.77. The van der Waals surface area contributed by atoms with Crippen LogP contribution in [0, 0.1) is 11.3 Å². The lowest BCUT2D eigenvalue weighted by atomic mass is 9.89. The molecule has 1 fully saturated rings. The Morgan fingerprint density at radius 1 is 1.12 bits per heavy atom. The number of aliphatic hydroxyl groups is 1. The Hall–Kier alpha value is -4.77. The predicted molar refractivity (Wildman–Crippen MR) is 144 cm³/mol. The highest BCUT2D eigenvalue weighted by molar-refractivity contribution is 7.90. The number of aromatic nitrogens is 6. The number of imidazole rings is 1. The van der Waals surface area contributed by atoms with Crippen LogP contribution in [0.1, 0.15) is 12.2 Å². The van der Waals surface area contributed by atoms with Crippen molar-refractivity contribution in [2.24, 2.45) is 0 Å². The van der Waals surface area contributed by atoms with Crippen LogP contribution >= 0.6 is 0 Å². The van der Waals surface area contributed by atoms with Gasteiger partial charge in [-0.05, 0) is 30.3 Å². The Morgan fingerprint density at radius 2 is 1.95 bits per heavy atom. The maximum atomic E-state index is 13.5. The van der Waals surface area contributed by atoms with Crippen molar-refractivity contribution in [1.29, 1.82) is 5.26 Å². The lowest BCUT2D eigenvalue weighted by molar-refractivity contribution is 0.160. The van der Waals surface area contributed by atoms with Gasteiger partial charge in [0.1, 0.15) is 23.4 Å². The van der Waals surface area contributed by atoms with E-state index in [0.717, 1.165) is 3.97 Å².